The molecule has 5 nitrogen and oxygen atoms in total. The van der Waals surface area contributed by atoms with Gasteiger partial charge < -0.3 is 15.3 Å². The number of aliphatic carboxylic acids is 1. The van der Waals surface area contributed by atoms with Crippen molar-refractivity contribution in [3.05, 3.63) is 12.2 Å². The molecule has 1 atom stereocenters. The summed E-state index contributed by atoms with van der Waals surface area (Å²) >= 11 is 0. The molecule has 0 heterocycles. The molecule has 0 aromatic carbocycles. The summed E-state index contributed by atoms with van der Waals surface area (Å²) in [5, 5.41) is 11.0. The number of rotatable bonds is 3. The van der Waals surface area contributed by atoms with Crippen molar-refractivity contribution < 1.29 is 14.7 Å². The molecular formula is C8H14N2O3. The molecule has 0 radical (unpaired) electrons. The Bertz CT molecular complexity index is 222. The highest BCUT2D eigenvalue weighted by atomic mass is 16.4. The summed E-state index contributed by atoms with van der Waals surface area (Å²) in [5.41, 5.74) is 0.391. The molecule has 0 saturated carbocycles. The highest BCUT2D eigenvalue weighted by Gasteiger charge is 2.20. The van der Waals surface area contributed by atoms with Crippen LogP contribution in [0, 0.1) is 0 Å². The van der Waals surface area contributed by atoms with Gasteiger partial charge in [-0.25, -0.2) is 9.59 Å². The Kier molecular flexibility index (Phi) is 3.97. The molecule has 0 rings (SSSR count). The molecule has 0 saturated heterocycles. The molecule has 0 fully saturated rings. The SMILES string of the molecule is C=C(C)C(NC(=O)N(C)C)C(=O)O. The van der Waals surface area contributed by atoms with Gasteiger partial charge in [0.25, 0.3) is 0 Å². The van der Waals surface area contributed by atoms with Crippen molar-refractivity contribution >= 4 is 12.0 Å². The van der Waals surface area contributed by atoms with E-state index in [-0.39, 0.29) is 0 Å². The molecule has 0 aromatic heterocycles. The van der Waals surface area contributed by atoms with Gasteiger partial charge in [-0.15, -0.1) is 0 Å². The summed E-state index contributed by atoms with van der Waals surface area (Å²) in [4.78, 5) is 22.9. The maximum Gasteiger partial charge on any atom is 0.330 e. The number of carbonyl (C=O) groups is 2. The van der Waals surface area contributed by atoms with Gasteiger partial charge >= 0.3 is 12.0 Å². The zero-order valence-corrected chi connectivity index (χ0v) is 8.00. The van der Waals surface area contributed by atoms with E-state index in [1.807, 2.05) is 0 Å². The average molecular weight is 186 g/mol. The Hall–Kier alpha value is -1.52. The molecule has 0 aliphatic heterocycles. The van der Waals surface area contributed by atoms with Crippen LogP contribution in [0.5, 0.6) is 0 Å². The molecular weight excluding hydrogens is 172 g/mol. The second-order valence-electron chi connectivity index (χ2n) is 2.96. The molecule has 2 amide bonds. The average Bonchev–Trinajstić information content (AvgIpc) is 1.97. The first-order valence-electron chi connectivity index (χ1n) is 3.72. The molecule has 74 valence electrons. The maximum atomic E-state index is 11.1. The van der Waals surface area contributed by atoms with Crippen molar-refractivity contribution in [2.45, 2.75) is 13.0 Å². The molecule has 2 N–H and O–H groups in total. The van der Waals surface area contributed by atoms with E-state index >= 15 is 0 Å². The molecule has 13 heavy (non-hydrogen) atoms. The topological polar surface area (TPSA) is 69.6 Å². The fourth-order valence-electron chi connectivity index (χ4n) is 0.648. The van der Waals surface area contributed by atoms with Gasteiger partial charge in [-0.2, -0.15) is 0 Å². The van der Waals surface area contributed by atoms with Crippen LogP contribution in [0.3, 0.4) is 0 Å². The lowest BCUT2D eigenvalue weighted by atomic mass is 10.1. The van der Waals surface area contributed by atoms with Crippen LogP contribution in [0.4, 0.5) is 4.79 Å². The number of carboxylic acid groups (broad SMARTS) is 1. The first-order valence-corrected chi connectivity index (χ1v) is 3.72. The Balaban J connectivity index is 4.36. The molecule has 0 aliphatic carbocycles. The van der Waals surface area contributed by atoms with E-state index in [0.29, 0.717) is 5.57 Å². The number of carbonyl (C=O) groups excluding carboxylic acids is 1. The predicted octanol–water partition coefficient (Wildman–Crippen LogP) is 0.287. The fourth-order valence-corrected chi connectivity index (χ4v) is 0.648. The summed E-state index contributed by atoms with van der Waals surface area (Å²) in [7, 11) is 3.07. The maximum absolute atomic E-state index is 11.1. The lowest BCUT2D eigenvalue weighted by Crippen LogP contribution is -2.45. The van der Waals surface area contributed by atoms with Gasteiger partial charge in [0, 0.05) is 14.1 Å². The lowest BCUT2D eigenvalue weighted by Gasteiger charge is -2.17. The third-order valence-corrected chi connectivity index (χ3v) is 1.41. The summed E-state index contributed by atoms with van der Waals surface area (Å²) in [6, 6.07) is -1.47. The zero-order valence-electron chi connectivity index (χ0n) is 8.00. The number of amides is 2. The minimum Gasteiger partial charge on any atom is -0.479 e. The largest absolute Gasteiger partial charge is 0.479 e. The monoisotopic (exact) mass is 186 g/mol. The second-order valence-corrected chi connectivity index (χ2v) is 2.96. The number of hydrogen-bond donors (Lipinski definition) is 2. The van der Waals surface area contributed by atoms with Crippen molar-refractivity contribution in [3.8, 4) is 0 Å². The van der Waals surface area contributed by atoms with Crippen molar-refractivity contribution in [3.63, 3.8) is 0 Å². The van der Waals surface area contributed by atoms with Crippen LogP contribution in [0.2, 0.25) is 0 Å². The minimum absolute atomic E-state index is 0.391. The third kappa shape index (κ3) is 3.59. The molecule has 0 aliphatic rings. The fraction of sp³-hybridized carbons (Fsp3) is 0.500. The number of carboxylic acids is 1. The number of nitrogens with zero attached hydrogens (tertiary/aromatic N) is 1. The van der Waals surface area contributed by atoms with Gasteiger partial charge in [-0.3, -0.25) is 0 Å². The van der Waals surface area contributed by atoms with Gasteiger partial charge in [0.15, 0.2) is 0 Å². The number of hydrogen-bond acceptors (Lipinski definition) is 2. The normalized spacial score (nSPS) is 11.6. The lowest BCUT2D eigenvalue weighted by molar-refractivity contribution is -0.138. The zero-order chi connectivity index (χ0) is 10.6. The van der Waals surface area contributed by atoms with E-state index in [2.05, 4.69) is 11.9 Å². The summed E-state index contributed by atoms with van der Waals surface area (Å²) in [5.74, 6) is -1.11. The van der Waals surface area contributed by atoms with Crippen LogP contribution < -0.4 is 5.32 Å². The highest BCUT2D eigenvalue weighted by Crippen LogP contribution is 1.98. The Morgan fingerprint density at radius 2 is 1.92 bits per heavy atom. The molecule has 1 unspecified atom stereocenters. The van der Waals surface area contributed by atoms with Crippen LogP contribution >= 0.6 is 0 Å². The summed E-state index contributed by atoms with van der Waals surface area (Å²) in [6.45, 7) is 5.03. The minimum atomic E-state index is -1.11. The smallest absolute Gasteiger partial charge is 0.330 e. The summed E-state index contributed by atoms with van der Waals surface area (Å²) < 4.78 is 0. The number of urea groups is 1. The van der Waals surface area contributed by atoms with E-state index in [0.717, 1.165) is 0 Å². The Labute approximate surface area is 77.0 Å². The van der Waals surface area contributed by atoms with E-state index in [4.69, 9.17) is 5.11 Å². The van der Waals surface area contributed by atoms with Crippen molar-refractivity contribution in [2.24, 2.45) is 0 Å². The third-order valence-electron chi connectivity index (χ3n) is 1.41. The molecule has 0 bridgehead atoms. The van der Waals surface area contributed by atoms with Gasteiger partial charge in [0.1, 0.15) is 6.04 Å². The quantitative estimate of drug-likeness (QED) is 0.622. The van der Waals surface area contributed by atoms with Crippen LogP contribution in [-0.2, 0) is 4.79 Å². The van der Waals surface area contributed by atoms with Gasteiger partial charge in [-0.05, 0) is 12.5 Å². The summed E-state index contributed by atoms with van der Waals surface area (Å²) in [6.07, 6.45) is 0. The van der Waals surface area contributed by atoms with Crippen LogP contribution in [0.1, 0.15) is 6.92 Å². The first kappa shape index (κ1) is 11.5. The van der Waals surface area contributed by atoms with Gasteiger partial charge in [-0.1, -0.05) is 6.58 Å². The number of nitrogens with one attached hydrogen (secondary N) is 1. The van der Waals surface area contributed by atoms with E-state index in [9.17, 15) is 9.59 Å². The van der Waals surface area contributed by atoms with E-state index in [1.54, 1.807) is 6.92 Å². The second kappa shape index (κ2) is 4.49. The van der Waals surface area contributed by atoms with Crippen molar-refractivity contribution in [1.29, 1.82) is 0 Å². The van der Waals surface area contributed by atoms with Crippen molar-refractivity contribution in [1.82, 2.24) is 10.2 Å². The van der Waals surface area contributed by atoms with Crippen LogP contribution in [0.15, 0.2) is 12.2 Å². The van der Waals surface area contributed by atoms with Crippen LogP contribution in [0.25, 0.3) is 0 Å². The van der Waals surface area contributed by atoms with Gasteiger partial charge in [0.2, 0.25) is 0 Å². The first-order chi connectivity index (χ1) is 5.86. The predicted molar refractivity (Wildman–Crippen MR) is 48.5 cm³/mol. The van der Waals surface area contributed by atoms with Gasteiger partial charge in [0.05, 0.1) is 0 Å². The van der Waals surface area contributed by atoms with E-state index < -0.39 is 18.0 Å². The van der Waals surface area contributed by atoms with Crippen molar-refractivity contribution in [2.75, 3.05) is 14.1 Å². The molecule has 0 aromatic rings. The van der Waals surface area contributed by atoms with E-state index in [1.165, 1.54) is 19.0 Å². The van der Waals surface area contributed by atoms with Crippen LogP contribution in [-0.4, -0.2) is 42.1 Å². The Morgan fingerprint density at radius 1 is 1.46 bits per heavy atom. The molecule has 0 spiro atoms. The highest BCUT2D eigenvalue weighted by molar-refractivity contribution is 5.84. The Morgan fingerprint density at radius 3 is 2.15 bits per heavy atom. The standard InChI is InChI=1S/C8H14N2O3/c1-5(2)6(7(11)12)9-8(13)10(3)4/h6H,1H2,2-4H3,(H,9,13)(H,11,12). The molecule has 5 heteroatoms.